The zero-order chi connectivity index (χ0) is 23.0. The molecule has 0 aliphatic heterocycles. The van der Waals surface area contributed by atoms with Gasteiger partial charge in [-0.25, -0.2) is 8.42 Å². The molecule has 0 saturated carbocycles. The summed E-state index contributed by atoms with van der Waals surface area (Å²) in [6, 6.07) is 6.64. The van der Waals surface area contributed by atoms with Gasteiger partial charge in [0, 0.05) is 61.0 Å². The van der Waals surface area contributed by atoms with Crippen LogP contribution in [0.25, 0.3) is 33.2 Å². The second-order valence-electron chi connectivity index (χ2n) is 7.76. The first kappa shape index (κ1) is 21.8. The number of aryl methyl sites for hydroxylation is 2. The average molecular weight is 453 g/mol. The smallest absolute Gasteiger partial charge is 0.259 e. The summed E-state index contributed by atoms with van der Waals surface area (Å²) < 4.78 is 33.6. The minimum atomic E-state index is -3.44. The highest BCUT2D eigenvalue weighted by Gasteiger charge is 2.18. The van der Waals surface area contributed by atoms with Gasteiger partial charge >= 0.3 is 0 Å². The Morgan fingerprint density at radius 1 is 1.03 bits per heavy atom. The highest BCUT2D eigenvalue weighted by atomic mass is 32.2. The number of sulfone groups is 1. The van der Waals surface area contributed by atoms with Crippen molar-refractivity contribution >= 4 is 20.6 Å². The first-order chi connectivity index (χ1) is 15.2. The van der Waals surface area contributed by atoms with Crippen LogP contribution in [0, 0.1) is 0 Å². The molecule has 0 unspecified atom stereocenters. The molecule has 166 valence electrons. The Labute approximate surface area is 186 Å². The maximum atomic E-state index is 12.8. The lowest BCUT2D eigenvalue weighted by molar-refractivity contribution is 0.318. The summed E-state index contributed by atoms with van der Waals surface area (Å²) in [5.41, 5.74) is 2.57. The maximum Gasteiger partial charge on any atom is 0.259 e. The Morgan fingerprint density at radius 3 is 2.47 bits per heavy atom. The molecule has 4 aromatic rings. The third kappa shape index (κ3) is 4.03. The molecular weight excluding hydrogens is 428 g/mol. The van der Waals surface area contributed by atoms with Gasteiger partial charge in [0.25, 0.3) is 5.56 Å². The molecule has 0 atom stereocenters. The lowest BCUT2D eigenvalue weighted by atomic mass is 9.99. The van der Waals surface area contributed by atoms with Crippen molar-refractivity contribution in [3.05, 3.63) is 59.4 Å². The van der Waals surface area contributed by atoms with Crippen LogP contribution in [-0.4, -0.2) is 40.6 Å². The van der Waals surface area contributed by atoms with Crippen molar-refractivity contribution in [2.24, 2.45) is 14.1 Å². The largest absolute Gasteiger partial charge is 0.493 e. The molecule has 0 aliphatic carbocycles. The predicted molar refractivity (Wildman–Crippen MR) is 124 cm³/mol. The summed E-state index contributed by atoms with van der Waals surface area (Å²) in [4.78, 5) is 17.5. The normalized spacial score (nSPS) is 11.8. The van der Waals surface area contributed by atoms with Crippen molar-refractivity contribution in [1.29, 1.82) is 0 Å². The Bertz CT molecular complexity index is 1490. The van der Waals surface area contributed by atoms with Gasteiger partial charge in [0.05, 0.1) is 28.8 Å². The minimum absolute atomic E-state index is 0.180. The number of ether oxygens (including phenoxy) is 1. The molecule has 0 N–H and O–H groups in total. The monoisotopic (exact) mass is 452 g/mol. The molecule has 0 aliphatic rings. The van der Waals surface area contributed by atoms with Crippen molar-refractivity contribution in [1.82, 2.24) is 19.3 Å². The topological polar surface area (TPSA) is 96.1 Å². The zero-order valence-corrected chi connectivity index (χ0v) is 19.2. The third-order valence-electron chi connectivity index (χ3n) is 5.20. The summed E-state index contributed by atoms with van der Waals surface area (Å²) in [5.74, 6) is 0.555. The van der Waals surface area contributed by atoms with E-state index in [1.54, 1.807) is 42.5 Å². The standard InChI is InChI=1S/C23H24N4O4S/c1-5-8-31-22-7-6-16(32(4,29)30)9-18(22)20-14-26(2)23(28)19-12-24-21(10-17(19)20)15-11-25-27(3)13-15/h6-7,9-14H,5,8H2,1-4H3. The quantitative estimate of drug-likeness (QED) is 0.446. The molecule has 32 heavy (non-hydrogen) atoms. The van der Waals surface area contributed by atoms with E-state index >= 15 is 0 Å². The lowest BCUT2D eigenvalue weighted by Crippen LogP contribution is -2.17. The predicted octanol–water partition coefficient (Wildman–Crippen LogP) is 3.19. The van der Waals surface area contributed by atoms with E-state index < -0.39 is 9.84 Å². The second-order valence-corrected chi connectivity index (χ2v) is 9.77. The fraction of sp³-hybridized carbons (Fsp3) is 0.261. The van der Waals surface area contributed by atoms with Gasteiger partial charge in [-0.15, -0.1) is 0 Å². The summed E-state index contributed by atoms with van der Waals surface area (Å²) in [7, 11) is 0.0412. The van der Waals surface area contributed by atoms with E-state index in [-0.39, 0.29) is 10.5 Å². The molecule has 0 spiro atoms. The van der Waals surface area contributed by atoms with Crippen molar-refractivity contribution in [3.63, 3.8) is 0 Å². The fourth-order valence-corrected chi connectivity index (χ4v) is 4.22. The molecule has 3 heterocycles. The molecule has 3 aromatic heterocycles. The molecule has 8 nitrogen and oxygen atoms in total. The number of hydrogen-bond donors (Lipinski definition) is 0. The van der Waals surface area contributed by atoms with Crippen molar-refractivity contribution < 1.29 is 13.2 Å². The van der Waals surface area contributed by atoms with Gasteiger partial charge < -0.3 is 9.30 Å². The Hall–Kier alpha value is -3.46. The van der Waals surface area contributed by atoms with Gasteiger partial charge in [0.15, 0.2) is 9.84 Å². The average Bonchev–Trinajstić information content (AvgIpc) is 3.20. The summed E-state index contributed by atoms with van der Waals surface area (Å²) >= 11 is 0. The first-order valence-corrected chi connectivity index (χ1v) is 12.0. The van der Waals surface area contributed by atoms with Crippen LogP contribution in [0.4, 0.5) is 0 Å². The van der Waals surface area contributed by atoms with E-state index in [1.807, 2.05) is 26.2 Å². The summed E-state index contributed by atoms with van der Waals surface area (Å²) in [5, 5.41) is 5.29. The van der Waals surface area contributed by atoms with Crippen molar-refractivity contribution in [3.8, 4) is 28.1 Å². The number of aromatic nitrogens is 4. The van der Waals surface area contributed by atoms with Crippen LogP contribution in [-0.2, 0) is 23.9 Å². The molecule has 0 bridgehead atoms. The molecular formula is C23H24N4O4S. The first-order valence-electron chi connectivity index (χ1n) is 10.1. The highest BCUT2D eigenvalue weighted by Crippen LogP contribution is 2.37. The third-order valence-corrected chi connectivity index (χ3v) is 6.31. The number of benzene rings is 1. The van der Waals surface area contributed by atoms with E-state index in [0.29, 0.717) is 39.9 Å². The van der Waals surface area contributed by atoms with Gasteiger partial charge in [-0.05, 0) is 30.7 Å². The fourth-order valence-electron chi connectivity index (χ4n) is 3.57. The summed E-state index contributed by atoms with van der Waals surface area (Å²) in [6.07, 6.45) is 8.77. The maximum absolute atomic E-state index is 12.8. The Morgan fingerprint density at radius 2 is 1.81 bits per heavy atom. The molecule has 0 fully saturated rings. The van der Waals surface area contributed by atoms with Gasteiger partial charge in [0.1, 0.15) is 5.75 Å². The minimum Gasteiger partial charge on any atom is -0.493 e. The molecule has 9 heteroatoms. The van der Waals surface area contributed by atoms with E-state index in [4.69, 9.17) is 4.74 Å². The van der Waals surface area contributed by atoms with Crippen LogP contribution in [0.1, 0.15) is 13.3 Å². The van der Waals surface area contributed by atoms with Crippen LogP contribution in [0.3, 0.4) is 0 Å². The van der Waals surface area contributed by atoms with Crippen molar-refractivity contribution in [2.45, 2.75) is 18.2 Å². The molecule has 0 amide bonds. The number of nitrogens with zero attached hydrogens (tertiary/aromatic N) is 4. The molecule has 0 saturated heterocycles. The van der Waals surface area contributed by atoms with Crippen LogP contribution >= 0.6 is 0 Å². The lowest BCUT2D eigenvalue weighted by Gasteiger charge is -2.16. The Kier molecular flexibility index (Phi) is 5.60. The van der Waals surface area contributed by atoms with Gasteiger partial charge in [0.2, 0.25) is 0 Å². The SMILES string of the molecule is CCCOc1ccc(S(C)(=O)=O)cc1-c1cn(C)c(=O)c2cnc(-c3cnn(C)c3)cc12. The molecule has 4 rings (SSSR count). The number of pyridine rings is 2. The highest BCUT2D eigenvalue weighted by molar-refractivity contribution is 7.90. The van der Waals surface area contributed by atoms with E-state index in [1.165, 1.54) is 16.9 Å². The van der Waals surface area contributed by atoms with Crippen LogP contribution in [0.2, 0.25) is 0 Å². The summed E-state index contributed by atoms with van der Waals surface area (Å²) in [6.45, 7) is 2.48. The molecule has 1 aromatic carbocycles. The van der Waals surface area contributed by atoms with Gasteiger partial charge in [-0.1, -0.05) is 6.92 Å². The van der Waals surface area contributed by atoms with Gasteiger partial charge in [-0.2, -0.15) is 5.10 Å². The number of rotatable bonds is 6. The van der Waals surface area contributed by atoms with Crippen LogP contribution < -0.4 is 10.3 Å². The molecule has 0 radical (unpaired) electrons. The Balaban J connectivity index is 2.05. The number of fused-ring (bicyclic) bond motifs is 1. The number of hydrogen-bond acceptors (Lipinski definition) is 6. The van der Waals surface area contributed by atoms with Gasteiger partial charge in [-0.3, -0.25) is 14.5 Å². The zero-order valence-electron chi connectivity index (χ0n) is 18.4. The van der Waals surface area contributed by atoms with Crippen LogP contribution in [0.15, 0.2) is 58.7 Å². The van der Waals surface area contributed by atoms with E-state index in [0.717, 1.165) is 12.0 Å². The van der Waals surface area contributed by atoms with Crippen LogP contribution in [0.5, 0.6) is 5.75 Å². The second kappa shape index (κ2) is 8.23. The van der Waals surface area contributed by atoms with E-state index in [9.17, 15) is 13.2 Å². The van der Waals surface area contributed by atoms with Crippen molar-refractivity contribution in [2.75, 3.05) is 12.9 Å². The van der Waals surface area contributed by atoms with E-state index in [2.05, 4.69) is 10.1 Å².